The van der Waals surface area contributed by atoms with Crippen LogP contribution in [0.4, 0.5) is 5.69 Å². The molecule has 0 aliphatic carbocycles. The Morgan fingerprint density at radius 1 is 1.24 bits per heavy atom. The third-order valence-corrected chi connectivity index (χ3v) is 4.94. The number of fused-ring (bicyclic) bond motifs is 1. The maximum atomic E-state index is 11.6. The molecular formula is C16H24N2O2S. The molecule has 0 saturated carbocycles. The summed E-state index contributed by atoms with van der Waals surface area (Å²) in [5.74, 6) is 1.14. The minimum atomic E-state index is 0. The van der Waals surface area contributed by atoms with Crippen LogP contribution >= 0.6 is 11.8 Å². The number of hydrogen-bond donors (Lipinski definition) is 0. The van der Waals surface area contributed by atoms with Crippen LogP contribution in [0.2, 0.25) is 0 Å². The zero-order valence-electron chi connectivity index (χ0n) is 11.8. The van der Waals surface area contributed by atoms with Crippen molar-refractivity contribution in [3.63, 3.8) is 0 Å². The van der Waals surface area contributed by atoms with E-state index in [0.717, 1.165) is 45.1 Å². The lowest BCUT2D eigenvalue weighted by Crippen LogP contribution is -2.36. The molecule has 2 heterocycles. The highest BCUT2D eigenvalue weighted by atomic mass is 32.2. The van der Waals surface area contributed by atoms with E-state index in [1.807, 2.05) is 16.7 Å². The molecule has 1 aromatic carbocycles. The molecule has 0 aromatic heterocycles. The van der Waals surface area contributed by atoms with Gasteiger partial charge in [-0.1, -0.05) is 7.43 Å². The summed E-state index contributed by atoms with van der Waals surface area (Å²) in [7, 11) is 0. The van der Waals surface area contributed by atoms with Crippen LogP contribution in [0, 0.1) is 0 Å². The number of carbonyl (C=O) groups excluding carboxylic acids is 1. The predicted molar refractivity (Wildman–Crippen MR) is 88.0 cm³/mol. The lowest BCUT2D eigenvalue weighted by molar-refractivity contribution is -0.129. The molecule has 3 rings (SSSR count). The fraction of sp³-hybridized carbons (Fsp3) is 0.562. The Morgan fingerprint density at radius 2 is 2.00 bits per heavy atom. The van der Waals surface area contributed by atoms with Gasteiger partial charge in [-0.05, 0) is 23.8 Å². The molecule has 0 radical (unpaired) electrons. The Bertz CT molecular complexity index is 501. The summed E-state index contributed by atoms with van der Waals surface area (Å²) in [5.41, 5.74) is 2.52. The summed E-state index contributed by atoms with van der Waals surface area (Å²) in [6, 6.07) is 6.64. The number of anilines is 1. The number of morpholine rings is 1. The number of hydrogen-bond acceptors (Lipinski definition) is 4. The van der Waals surface area contributed by atoms with Crippen LogP contribution in [0.3, 0.4) is 0 Å². The number of carbonyl (C=O) groups is 1. The number of nitrogens with zero attached hydrogens (tertiary/aromatic N) is 2. The zero-order chi connectivity index (χ0) is 13.9. The first-order valence-electron chi connectivity index (χ1n) is 7.08. The van der Waals surface area contributed by atoms with E-state index in [4.69, 9.17) is 4.74 Å². The molecule has 21 heavy (non-hydrogen) atoms. The maximum absolute atomic E-state index is 11.6. The summed E-state index contributed by atoms with van der Waals surface area (Å²) in [4.78, 5) is 17.2. The van der Waals surface area contributed by atoms with E-state index < -0.39 is 0 Å². The molecule has 0 atom stereocenters. The van der Waals surface area contributed by atoms with Crippen LogP contribution in [0.5, 0.6) is 0 Å². The Hall–Kier alpha value is -1.20. The number of rotatable bonds is 1. The van der Waals surface area contributed by atoms with Gasteiger partial charge in [0.25, 0.3) is 0 Å². The number of benzene rings is 1. The SMILES string of the molecule is C.CC(=O)N1CCSc2ccc(N3CCOCC3)cc2C1. The van der Waals surface area contributed by atoms with Crippen molar-refractivity contribution in [3.05, 3.63) is 23.8 Å². The first kappa shape index (κ1) is 16.2. The fourth-order valence-corrected chi connectivity index (χ4v) is 3.67. The molecule has 2 aliphatic rings. The van der Waals surface area contributed by atoms with Crippen LogP contribution in [-0.4, -0.2) is 49.4 Å². The fourth-order valence-electron chi connectivity index (χ4n) is 2.67. The average Bonchev–Trinajstić information content (AvgIpc) is 2.69. The van der Waals surface area contributed by atoms with Gasteiger partial charge in [0, 0.05) is 49.4 Å². The molecule has 4 nitrogen and oxygen atoms in total. The van der Waals surface area contributed by atoms with Crippen molar-refractivity contribution in [1.29, 1.82) is 0 Å². The van der Waals surface area contributed by atoms with Gasteiger partial charge in [-0.15, -0.1) is 11.8 Å². The summed E-state index contributed by atoms with van der Waals surface area (Å²) < 4.78 is 5.40. The molecule has 1 amide bonds. The minimum Gasteiger partial charge on any atom is -0.378 e. The van der Waals surface area contributed by atoms with E-state index in [1.165, 1.54) is 16.1 Å². The van der Waals surface area contributed by atoms with Gasteiger partial charge in [-0.3, -0.25) is 4.79 Å². The van der Waals surface area contributed by atoms with Crippen molar-refractivity contribution < 1.29 is 9.53 Å². The van der Waals surface area contributed by atoms with Gasteiger partial charge >= 0.3 is 0 Å². The largest absolute Gasteiger partial charge is 0.378 e. The second kappa shape index (κ2) is 7.18. The highest BCUT2D eigenvalue weighted by molar-refractivity contribution is 7.99. The van der Waals surface area contributed by atoms with Gasteiger partial charge in [0.15, 0.2) is 0 Å². The quantitative estimate of drug-likeness (QED) is 0.798. The molecule has 1 fully saturated rings. The monoisotopic (exact) mass is 308 g/mol. The molecule has 5 heteroatoms. The van der Waals surface area contributed by atoms with Crippen LogP contribution in [0.15, 0.2) is 23.1 Å². The highest BCUT2D eigenvalue weighted by Gasteiger charge is 2.19. The third-order valence-electron chi connectivity index (χ3n) is 3.85. The molecule has 0 bridgehead atoms. The predicted octanol–water partition coefficient (Wildman–Crippen LogP) is 2.61. The second-order valence-electron chi connectivity index (χ2n) is 5.18. The van der Waals surface area contributed by atoms with Crippen molar-refractivity contribution >= 4 is 23.4 Å². The van der Waals surface area contributed by atoms with Crippen molar-refractivity contribution in [1.82, 2.24) is 4.90 Å². The molecule has 1 saturated heterocycles. The van der Waals surface area contributed by atoms with Crippen molar-refractivity contribution in [3.8, 4) is 0 Å². The number of amides is 1. The maximum Gasteiger partial charge on any atom is 0.219 e. The molecule has 1 aromatic rings. The van der Waals surface area contributed by atoms with Crippen LogP contribution in [0.1, 0.15) is 19.9 Å². The van der Waals surface area contributed by atoms with E-state index in [1.54, 1.807) is 6.92 Å². The second-order valence-corrected chi connectivity index (χ2v) is 6.32. The minimum absolute atomic E-state index is 0. The highest BCUT2D eigenvalue weighted by Crippen LogP contribution is 2.31. The molecule has 0 unspecified atom stereocenters. The van der Waals surface area contributed by atoms with Crippen molar-refractivity contribution in [2.75, 3.05) is 43.5 Å². The Labute approximate surface area is 131 Å². The van der Waals surface area contributed by atoms with E-state index >= 15 is 0 Å². The molecule has 0 N–H and O–H groups in total. The molecule has 116 valence electrons. The van der Waals surface area contributed by atoms with Crippen LogP contribution in [0.25, 0.3) is 0 Å². The van der Waals surface area contributed by atoms with Crippen LogP contribution in [-0.2, 0) is 16.1 Å². The summed E-state index contributed by atoms with van der Waals surface area (Å²) >= 11 is 1.85. The Morgan fingerprint density at radius 3 is 2.71 bits per heavy atom. The average molecular weight is 308 g/mol. The topological polar surface area (TPSA) is 32.8 Å². The number of thioether (sulfide) groups is 1. The van der Waals surface area contributed by atoms with Gasteiger partial charge in [0.2, 0.25) is 5.91 Å². The van der Waals surface area contributed by atoms with Crippen molar-refractivity contribution in [2.24, 2.45) is 0 Å². The zero-order valence-corrected chi connectivity index (χ0v) is 12.6. The molecular weight excluding hydrogens is 284 g/mol. The summed E-state index contributed by atoms with van der Waals surface area (Å²) in [6.07, 6.45) is 0. The summed E-state index contributed by atoms with van der Waals surface area (Å²) in [6.45, 7) is 6.71. The summed E-state index contributed by atoms with van der Waals surface area (Å²) in [5, 5.41) is 0. The first-order chi connectivity index (χ1) is 9.74. The molecule has 2 aliphatic heterocycles. The van der Waals surface area contributed by atoms with Gasteiger partial charge < -0.3 is 14.5 Å². The van der Waals surface area contributed by atoms with Gasteiger partial charge in [-0.25, -0.2) is 0 Å². The third kappa shape index (κ3) is 3.71. The van der Waals surface area contributed by atoms with E-state index in [0.29, 0.717) is 0 Å². The van der Waals surface area contributed by atoms with Gasteiger partial charge in [-0.2, -0.15) is 0 Å². The Kier molecular flexibility index (Phi) is 5.53. The lowest BCUT2D eigenvalue weighted by Gasteiger charge is -2.29. The van der Waals surface area contributed by atoms with Crippen molar-refractivity contribution in [2.45, 2.75) is 25.8 Å². The van der Waals surface area contributed by atoms with E-state index in [-0.39, 0.29) is 13.3 Å². The smallest absolute Gasteiger partial charge is 0.219 e. The number of ether oxygens (including phenoxy) is 1. The van der Waals surface area contributed by atoms with E-state index in [2.05, 4.69) is 23.1 Å². The Balaban J connectivity index is 0.00000161. The standard InChI is InChI=1S/C15H20N2O2S.CH4/c1-12(18)17-6-9-20-15-3-2-14(10-13(15)11-17)16-4-7-19-8-5-16;/h2-3,10H,4-9,11H2,1H3;1H4. The van der Waals surface area contributed by atoms with Crippen LogP contribution < -0.4 is 4.90 Å². The first-order valence-corrected chi connectivity index (χ1v) is 8.06. The normalized spacial score (nSPS) is 18.5. The molecule has 0 spiro atoms. The van der Waals surface area contributed by atoms with Gasteiger partial charge in [0.05, 0.1) is 13.2 Å². The lowest BCUT2D eigenvalue weighted by atomic mass is 10.1. The van der Waals surface area contributed by atoms with E-state index in [9.17, 15) is 4.79 Å². The van der Waals surface area contributed by atoms with Gasteiger partial charge in [0.1, 0.15) is 0 Å².